The van der Waals surface area contributed by atoms with Crippen LogP contribution in [0.25, 0.3) is 0 Å². The summed E-state index contributed by atoms with van der Waals surface area (Å²) in [6, 6.07) is 10.5. The molecular formula is C20H27N5O3. The maximum absolute atomic E-state index is 11.7. The number of benzene rings is 1. The van der Waals surface area contributed by atoms with E-state index in [-0.39, 0.29) is 16.4 Å². The molecule has 0 unspecified atom stereocenters. The highest BCUT2D eigenvalue weighted by atomic mass is 16.6. The fourth-order valence-corrected chi connectivity index (χ4v) is 3.62. The lowest BCUT2D eigenvalue weighted by Gasteiger charge is -2.32. The Labute approximate surface area is 165 Å². The number of ether oxygens (including phenoxy) is 1. The lowest BCUT2D eigenvalue weighted by Crippen LogP contribution is -2.35. The largest absolute Gasteiger partial charge is 0.385 e. The van der Waals surface area contributed by atoms with E-state index in [1.807, 2.05) is 11.0 Å². The quantitative estimate of drug-likeness (QED) is 0.402. The van der Waals surface area contributed by atoms with E-state index < -0.39 is 0 Å². The Hall–Kier alpha value is -2.74. The Morgan fingerprint density at radius 1 is 1.25 bits per heavy atom. The highest BCUT2D eigenvalue weighted by Gasteiger charge is 2.29. The van der Waals surface area contributed by atoms with Crippen molar-refractivity contribution in [1.82, 2.24) is 9.97 Å². The van der Waals surface area contributed by atoms with Crippen molar-refractivity contribution >= 4 is 17.3 Å². The summed E-state index contributed by atoms with van der Waals surface area (Å²) in [6.07, 6.45) is 5.18. The van der Waals surface area contributed by atoms with Gasteiger partial charge in [0.15, 0.2) is 0 Å². The first-order valence-electron chi connectivity index (χ1n) is 9.70. The van der Waals surface area contributed by atoms with Crippen LogP contribution in [0.2, 0.25) is 0 Å². The number of hydrogen-bond acceptors (Lipinski definition) is 7. The van der Waals surface area contributed by atoms with Crippen LogP contribution in [-0.2, 0) is 11.2 Å². The number of hydrogen-bond donors (Lipinski definition) is 1. The molecule has 0 aliphatic carbocycles. The van der Waals surface area contributed by atoms with Crippen molar-refractivity contribution in [3.8, 4) is 0 Å². The summed E-state index contributed by atoms with van der Waals surface area (Å²) in [5.74, 6) is 1.27. The minimum Gasteiger partial charge on any atom is -0.385 e. The van der Waals surface area contributed by atoms with Crippen LogP contribution in [0.5, 0.6) is 0 Å². The average molecular weight is 385 g/mol. The zero-order valence-corrected chi connectivity index (χ0v) is 16.2. The molecule has 1 N–H and O–H groups in total. The predicted molar refractivity (Wildman–Crippen MR) is 109 cm³/mol. The van der Waals surface area contributed by atoms with Crippen LogP contribution in [0.15, 0.2) is 36.7 Å². The SMILES string of the molecule is COCCCNc1ncnc(N2CCC(Cc3ccccc3)CC2)c1[N+](=O)[O-]. The molecule has 1 aromatic heterocycles. The molecule has 0 radical (unpaired) electrons. The molecule has 8 heteroatoms. The topological polar surface area (TPSA) is 93.4 Å². The van der Waals surface area contributed by atoms with Crippen molar-refractivity contribution in [3.05, 3.63) is 52.3 Å². The molecule has 28 heavy (non-hydrogen) atoms. The van der Waals surface area contributed by atoms with E-state index in [2.05, 4.69) is 39.6 Å². The Kier molecular flexibility index (Phi) is 7.13. The van der Waals surface area contributed by atoms with E-state index >= 15 is 0 Å². The highest BCUT2D eigenvalue weighted by molar-refractivity contribution is 5.70. The van der Waals surface area contributed by atoms with Crippen molar-refractivity contribution in [3.63, 3.8) is 0 Å². The van der Waals surface area contributed by atoms with Crippen molar-refractivity contribution in [2.75, 3.05) is 43.6 Å². The van der Waals surface area contributed by atoms with Crippen molar-refractivity contribution in [2.45, 2.75) is 25.7 Å². The number of aromatic nitrogens is 2. The molecular weight excluding hydrogens is 358 g/mol. The summed E-state index contributed by atoms with van der Waals surface area (Å²) in [5.41, 5.74) is 1.30. The minimum absolute atomic E-state index is 0.0403. The highest BCUT2D eigenvalue weighted by Crippen LogP contribution is 2.34. The third-order valence-corrected chi connectivity index (χ3v) is 5.08. The summed E-state index contributed by atoms with van der Waals surface area (Å²) in [7, 11) is 1.63. The first-order valence-corrected chi connectivity index (χ1v) is 9.70. The first-order chi connectivity index (χ1) is 13.7. The number of piperidine rings is 1. The Morgan fingerprint density at radius 3 is 2.68 bits per heavy atom. The second-order valence-electron chi connectivity index (χ2n) is 7.04. The van der Waals surface area contributed by atoms with Crippen molar-refractivity contribution in [2.24, 2.45) is 5.92 Å². The average Bonchev–Trinajstić information content (AvgIpc) is 2.72. The van der Waals surface area contributed by atoms with E-state index in [1.165, 1.54) is 11.9 Å². The van der Waals surface area contributed by atoms with E-state index in [9.17, 15) is 10.1 Å². The molecule has 1 aliphatic rings. The van der Waals surface area contributed by atoms with Gasteiger partial charge in [0.1, 0.15) is 6.33 Å². The van der Waals surface area contributed by atoms with Crippen LogP contribution >= 0.6 is 0 Å². The monoisotopic (exact) mass is 385 g/mol. The number of nitrogens with one attached hydrogen (secondary N) is 1. The minimum atomic E-state index is -0.385. The fourth-order valence-electron chi connectivity index (χ4n) is 3.62. The van der Waals surface area contributed by atoms with Gasteiger partial charge in [0.25, 0.3) is 0 Å². The number of nitro groups is 1. The van der Waals surface area contributed by atoms with Crippen molar-refractivity contribution < 1.29 is 9.66 Å². The molecule has 8 nitrogen and oxygen atoms in total. The van der Waals surface area contributed by atoms with Gasteiger partial charge in [-0.15, -0.1) is 0 Å². The lowest BCUT2D eigenvalue weighted by molar-refractivity contribution is -0.383. The van der Waals surface area contributed by atoms with Gasteiger partial charge in [-0.25, -0.2) is 9.97 Å². The van der Waals surface area contributed by atoms with Gasteiger partial charge in [0, 0.05) is 33.4 Å². The molecule has 0 spiro atoms. The van der Waals surface area contributed by atoms with Gasteiger partial charge in [-0.05, 0) is 37.2 Å². The van der Waals surface area contributed by atoms with E-state index in [1.54, 1.807) is 7.11 Å². The van der Waals surface area contributed by atoms with Crippen molar-refractivity contribution in [1.29, 1.82) is 0 Å². The van der Waals surface area contributed by atoms with E-state index in [0.29, 0.717) is 24.9 Å². The first kappa shape index (κ1) is 20.0. The molecule has 3 rings (SSSR count). The summed E-state index contributed by atoms with van der Waals surface area (Å²) < 4.78 is 5.01. The molecule has 1 fully saturated rings. The van der Waals surface area contributed by atoms with Gasteiger partial charge in [-0.3, -0.25) is 10.1 Å². The van der Waals surface area contributed by atoms with Crippen LogP contribution in [0.1, 0.15) is 24.8 Å². The number of methoxy groups -OCH3 is 1. The molecule has 2 aromatic rings. The number of anilines is 2. The van der Waals surface area contributed by atoms with Crippen LogP contribution in [0.3, 0.4) is 0 Å². The van der Waals surface area contributed by atoms with Gasteiger partial charge in [0.05, 0.1) is 4.92 Å². The zero-order chi connectivity index (χ0) is 19.8. The maximum Gasteiger partial charge on any atom is 0.353 e. The molecule has 2 heterocycles. The van der Waals surface area contributed by atoms with Gasteiger partial charge in [-0.2, -0.15) is 0 Å². The van der Waals surface area contributed by atoms with Gasteiger partial charge in [0.2, 0.25) is 11.6 Å². The molecule has 0 bridgehead atoms. The van der Waals surface area contributed by atoms with Gasteiger partial charge < -0.3 is 15.0 Å². The number of rotatable bonds is 9. The number of nitrogens with zero attached hydrogens (tertiary/aromatic N) is 4. The van der Waals surface area contributed by atoms with Crippen LogP contribution in [-0.4, -0.2) is 48.2 Å². The predicted octanol–water partition coefficient (Wildman–Crippen LogP) is 3.29. The van der Waals surface area contributed by atoms with Crippen LogP contribution in [0.4, 0.5) is 17.3 Å². The third kappa shape index (κ3) is 5.16. The second-order valence-corrected chi connectivity index (χ2v) is 7.04. The Morgan fingerprint density at radius 2 is 2.00 bits per heavy atom. The summed E-state index contributed by atoms with van der Waals surface area (Å²) in [4.78, 5) is 21.7. The molecule has 150 valence electrons. The van der Waals surface area contributed by atoms with Gasteiger partial charge in [-0.1, -0.05) is 30.3 Å². The van der Waals surface area contributed by atoms with Crippen LogP contribution < -0.4 is 10.2 Å². The van der Waals surface area contributed by atoms with E-state index in [4.69, 9.17) is 4.74 Å². The fraction of sp³-hybridized carbons (Fsp3) is 0.500. The smallest absolute Gasteiger partial charge is 0.353 e. The van der Waals surface area contributed by atoms with Gasteiger partial charge >= 0.3 is 5.69 Å². The standard InChI is InChI=1S/C20H27N5O3/c1-28-13-5-10-21-19-18(25(26)27)20(23-15-22-19)24-11-8-17(9-12-24)14-16-6-3-2-4-7-16/h2-4,6-7,15,17H,5,8-14H2,1H3,(H,21,22,23). The zero-order valence-electron chi connectivity index (χ0n) is 16.2. The van der Waals surface area contributed by atoms with E-state index in [0.717, 1.165) is 38.8 Å². The lowest BCUT2D eigenvalue weighted by atomic mass is 9.90. The third-order valence-electron chi connectivity index (χ3n) is 5.08. The molecule has 0 amide bonds. The molecule has 1 aromatic carbocycles. The molecule has 1 aliphatic heterocycles. The summed E-state index contributed by atoms with van der Waals surface area (Å²) in [5, 5.41) is 14.8. The van der Waals surface area contributed by atoms with Crippen LogP contribution in [0, 0.1) is 16.0 Å². The Bertz CT molecular complexity index is 764. The summed E-state index contributed by atoms with van der Waals surface area (Å²) >= 11 is 0. The molecule has 1 saturated heterocycles. The molecule has 0 saturated carbocycles. The normalized spacial score (nSPS) is 14.8. The molecule has 0 atom stereocenters. The Balaban J connectivity index is 1.65. The maximum atomic E-state index is 11.7. The summed E-state index contributed by atoms with van der Waals surface area (Å²) in [6.45, 7) is 2.68. The second kappa shape index (κ2) is 9.98.